The summed E-state index contributed by atoms with van der Waals surface area (Å²) in [6.45, 7) is 5.98. The van der Waals surface area contributed by atoms with Gasteiger partial charge in [0.05, 0.1) is 9.75 Å². The molecule has 0 aliphatic heterocycles. The van der Waals surface area contributed by atoms with Crippen molar-refractivity contribution in [1.82, 2.24) is 0 Å². The molecular weight excluding hydrogens is 428 g/mol. The predicted molar refractivity (Wildman–Crippen MR) is 105 cm³/mol. The van der Waals surface area contributed by atoms with Gasteiger partial charge in [0.15, 0.2) is 0 Å². The van der Waals surface area contributed by atoms with Crippen LogP contribution < -0.4 is 0 Å². The molecule has 0 N–H and O–H groups in total. The summed E-state index contributed by atoms with van der Waals surface area (Å²) in [6.07, 6.45) is 6.12. The van der Waals surface area contributed by atoms with E-state index >= 15 is 0 Å². The zero-order valence-corrected chi connectivity index (χ0v) is 16.1. The highest BCUT2D eigenvalue weighted by molar-refractivity contribution is 9.11. The third-order valence-corrected chi connectivity index (χ3v) is 7.85. The monoisotopic (exact) mass is 438 g/mol. The Balaban J connectivity index is 2.28. The zero-order valence-electron chi connectivity index (χ0n) is 11.3. The fourth-order valence-electron chi connectivity index (χ4n) is 2.21. The Bertz CT molecular complexity index is 853. The van der Waals surface area contributed by atoms with Gasteiger partial charge in [0.25, 0.3) is 0 Å². The van der Waals surface area contributed by atoms with E-state index in [0.29, 0.717) is 0 Å². The molecule has 0 amide bonds. The molecule has 0 nitrogen and oxygen atoms in total. The molecule has 0 atom stereocenters. The predicted octanol–water partition coefficient (Wildman–Crippen LogP) is 7.83. The second-order valence-corrected chi connectivity index (χ2v) is 8.16. The van der Waals surface area contributed by atoms with Crippen molar-refractivity contribution in [3.8, 4) is 9.75 Å². The molecule has 106 valence electrons. The first-order valence-corrected chi connectivity index (χ1v) is 9.64. The lowest BCUT2D eigenvalue weighted by molar-refractivity contribution is 1.72. The second-order valence-electron chi connectivity index (χ2n) is 4.47. The highest BCUT2D eigenvalue weighted by Gasteiger charge is 2.19. The van der Waals surface area contributed by atoms with Crippen molar-refractivity contribution in [2.24, 2.45) is 0 Å². The van der Waals surface area contributed by atoms with Gasteiger partial charge in [-0.2, -0.15) is 0 Å². The van der Waals surface area contributed by atoms with Crippen molar-refractivity contribution in [2.75, 3.05) is 0 Å². The Kier molecular flexibility index (Phi) is 4.50. The summed E-state index contributed by atoms with van der Waals surface area (Å²) in [4.78, 5) is 3.76. The Labute approximate surface area is 149 Å². The average Bonchev–Trinajstić information content (AvgIpc) is 2.98. The number of rotatable bonds is 3. The molecule has 4 heteroatoms. The highest BCUT2D eigenvalue weighted by atomic mass is 79.9. The van der Waals surface area contributed by atoms with E-state index in [0.717, 1.165) is 10.0 Å². The Hall–Kier alpha value is -0.680. The van der Waals surface area contributed by atoms with Gasteiger partial charge in [0.1, 0.15) is 0 Å². The van der Waals surface area contributed by atoms with Gasteiger partial charge < -0.3 is 0 Å². The molecule has 0 spiro atoms. The van der Waals surface area contributed by atoms with Gasteiger partial charge in [0.2, 0.25) is 0 Å². The van der Waals surface area contributed by atoms with E-state index < -0.39 is 0 Å². The Morgan fingerprint density at radius 2 is 1.76 bits per heavy atom. The van der Waals surface area contributed by atoms with E-state index in [1.54, 1.807) is 11.3 Å². The van der Waals surface area contributed by atoms with E-state index in [1.165, 1.54) is 29.2 Å². The molecule has 2 aromatic heterocycles. The number of thiophene rings is 2. The number of hydrogen-bond acceptors (Lipinski definition) is 2. The number of hydrogen-bond donors (Lipinski definition) is 0. The second kappa shape index (κ2) is 6.21. The molecule has 0 bridgehead atoms. The van der Waals surface area contributed by atoms with Gasteiger partial charge in [-0.3, -0.25) is 0 Å². The third kappa shape index (κ3) is 2.59. The van der Waals surface area contributed by atoms with E-state index in [9.17, 15) is 0 Å². The van der Waals surface area contributed by atoms with Crippen molar-refractivity contribution in [3.05, 3.63) is 56.3 Å². The lowest BCUT2D eigenvalue weighted by atomic mass is 10.2. The lowest BCUT2D eigenvalue weighted by Crippen LogP contribution is -1.72. The fourth-order valence-corrected chi connectivity index (χ4v) is 6.74. The normalized spacial score (nSPS) is 11.6. The van der Waals surface area contributed by atoms with Crippen LogP contribution in [0.15, 0.2) is 45.9 Å². The van der Waals surface area contributed by atoms with Gasteiger partial charge in [-0.15, -0.1) is 22.7 Å². The molecule has 0 unspecified atom stereocenters. The minimum atomic E-state index is 1.13. The maximum Gasteiger partial charge on any atom is 0.0609 e. The number of fused-ring (bicyclic) bond motifs is 1. The van der Waals surface area contributed by atoms with Gasteiger partial charge >= 0.3 is 0 Å². The highest BCUT2D eigenvalue weighted by Crippen LogP contribution is 2.49. The summed E-state index contributed by atoms with van der Waals surface area (Å²) < 4.78 is 3.60. The topological polar surface area (TPSA) is 0 Å². The fraction of sp³-hybridized carbons (Fsp3) is 0.0588. The van der Waals surface area contributed by atoms with E-state index in [-0.39, 0.29) is 0 Å². The van der Waals surface area contributed by atoms with Gasteiger partial charge in [-0.05, 0) is 50.9 Å². The molecule has 0 aliphatic rings. The van der Waals surface area contributed by atoms with Crippen LogP contribution in [0.4, 0.5) is 0 Å². The molecule has 0 saturated heterocycles. The molecule has 3 aromatic rings. The molecular formula is C17H12Br2S2. The van der Waals surface area contributed by atoms with Crippen LogP contribution in [-0.2, 0) is 0 Å². The van der Waals surface area contributed by atoms with Crippen molar-refractivity contribution in [1.29, 1.82) is 0 Å². The first kappa shape index (κ1) is 15.2. The molecule has 21 heavy (non-hydrogen) atoms. The van der Waals surface area contributed by atoms with Gasteiger partial charge in [0, 0.05) is 29.5 Å². The smallest absolute Gasteiger partial charge is 0.0609 e. The first-order valence-electron chi connectivity index (χ1n) is 6.42. The molecule has 0 saturated carbocycles. The first-order chi connectivity index (χ1) is 10.2. The minimum absolute atomic E-state index is 1.13. The Morgan fingerprint density at radius 1 is 1.05 bits per heavy atom. The molecule has 0 radical (unpaired) electrons. The standard InChI is InChI=1S/C17H12Br2S2/c1-3-7-12-10(4-2)14(18)16(20-12)17-15(19)11-8-5-6-9-13(11)21-17/h3-9H,2H2,1H3/b7-3-. The molecule has 3 rings (SSSR count). The summed E-state index contributed by atoms with van der Waals surface area (Å²) in [5.41, 5.74) is 1.16. The van der Waals surface area contributed by atoms with Crippen LogP contribution in [0.2, 0.25) is 0 Å². The van der Waals surface area contributed by atoms with Crippen LogP contribution in [0.1, 0.15) is 17.4 Å². The molecule has 0 aliphatic carbocycles. The average molecular weight is 440 g/mol. The van der Waals surface area contributed by atoms with Crippen molar-refractivity contribution in [2.45, 2.75) is 6.92 Å². The summed E-state index contributed by atoms with van der Waals surface area (Å²) >= 11 is 11.1. The third-order valence-electron chi connectivity index (χ3n) is 3.18. The van der Waals surface area contributed by atoms with Gasteiger partial charge in [-0.1, -0.05) is 36.9 Å². The van der Waals surface area contributed by atoms with Crippen LogP contribution in [-0.4, -0.2) is 0 Å². The van der Waals surface area contributed by atoms with Crippen molar-refractivity contribution in [3.63, 3.8) is 0 Å². The molecule has 0 fully saturated rings. The van der Waals surface area contributed by atoms with Crippen LogP contribution in [0.25, 0.3) is 32.0 Å². The van der Waals surface area contributed by atoms with Crippen LogP contribution >= 0.6 is 54.5 Å². The van der Waals surface area contributed by atoms with E-state index in [1.807, 2.05) is 24.3 Å². The van der Waals surface area contributed by atoms with Crippen LogP contribution in [0, 0.1) is 0 Å². The van der Waals surface area contributed by atoms with E-state index in [2.05, 4.69) is 74.9 Å². The minimum Gasteiger partial charge on any atom is -0.133 e. The van der Waals surface area contributed by atoms with Crippen LogP contribution in [0.3, 0.4) is 0 Å². The number of allylic oxidation sites excluding steroid dienone is 1. The summed E-state index contributed by atoms with van der Waals surface area (Å²) in [5.74, 6) is 0. The maximum absolute atomic E-state index is 3.94. The number of benzene rings is 1. The molecule has 2 heterocycles. The zero-order chi connectivity index (χ0) is 15.0. The quantitative estimate of drug-likeness (QED) is 0.389. The van der Waals surface area contributed by atoms with Crippen molar-refractivity contribution < 1.29 is 0 Å². The maximum atomic E-state index is 3.94. The Morgan fingerprint density at radius 3 is 2.43 bits per heavy atom. The molecule has 1 aromatic carbocycles. The van der Waals surface area contributed by atoms with Gasteiger partial charge in [-0.25, -0.2) is 0 Å². The summed E-state index contributed by atoms with van der Waals surface area (Å²) in [6, 6.07) is 8.48. The van der Waals surface area contributed by atoms with Crippen molar-refractivity contribution >= 4 is 76.8 Å². The summed E-state index contributed by atoms with van der Waals surface area (Å²) in [5, 5.41) is 1.27. The number of halogens is 2. The summed E-state index contributed by atoms with van der Waals surface area (Å²) in [7, 11) is 0. The van der Waals surface area contributed by atoms with Crippen LogP contribution in [0.5, 0.6) is 0 Å². The SMILES string of the molecule is C=Cc1c(/C=C\C)sc(-c2sc3ccccc3c2Br)c1Br. The van der Waals surface area contributed by atoms with E-state index in [4.69, 9.17) is 0 Å². The largest absolute Gasteiger partial charge is 0.133 e. The lowest BCUT2D eigenvalue weighted by Gasteiger charge is -1.96.